The number of anilines is 2. The predicted octanol–water partition coefficient (Wildman–Crippen LogP) is 3.09. The smallest absolute Gasteiger partial charge is 0.227 e. The molecule has 2 aliphatic rings. The van der Waals surface area contributed by atoms with Gasteiger partial charge in [0, 0.05) is 43.2 Å². The Labute approximate surface area is 131 Å². The lowest BCUT2D eigenvalue weighted by atomic mass is 9.67. The maximum absolute atomic E-state index is 12.5. The number of Topliss-reactive ketones (excluding diaryl/α,β-unsaturated/α-hetero) is 1. The number of ketones is 1. The molecule has 1 aromatic carbocycles. The first-order valence-electron chi connectivity index (χ1n) is 8.16. The van der Waals surface area contributed by atoms with E-state index in [1.165, 1.54) is 0 Å². The average Bonchev–Trinajstić information content (AvgIpc) is 2.47. The second-order valence-electron chi connectivity index (χ2n) is 6.83. The van der Waals surface area contributed by atoms with Gasteiger partial charge in [0.15, 0.2) is 0 Å². The minimum absolute atomic E-state index is 0.0125. The van der Waals surface area contributed by atoms with Gasteiger partial charge in [-0.25, -0.2) is 0 Å². The van der Waals surface area contributed by atoms with Gasteiger partial charge in [-0.3, -0.25) is 9.59 Å². The maximum atomic E-state index is 12.5. The van der Waals surface area contributed by atoms with E-state index in [9.17, 15) is 9.59 Å². The molecule has 2 fully saturated rings. The van der Waals surface area contributed by atoms with Gasteiger partial charge in [0.05, 0.1) is 0 Å². The Morgan fingerprint density at radius 2 is 1.68 bits per heavy atom. The van der Waals surface area contributed by atoms with E-state index in [4.69, 9.17) is 0 Å². The van der Waals surface area contributed by atoms with Crippen LogP contribution in [0.5, 0.6) is 0 Å². The van der Waals surface area contributed by atoms with Crippen LogP contribution in [0, 0.1) is 17.8 Å². The molecule has 1 N–H and O–H groups in total. The van der Waals surface area contributed by atoms with Gasteiger partial charge in [-0.1, -0.05) is 6.42 Å². The van der Waals surface area contributed by atoms with Crippen LogP contribution >= 0.6 is 0 Å². The summed E-state index contributed by atoms with van der Waals surface area (Å²) in [5.74, 6) is 0.716. The quantitative estimate of drug-likeness (QED) is 0.933. The highest BCUT2D eigenvalue weighted by molar-refractivity contribution is 5.95. The standard InChI is InChI=1S/C18H24N2O2/c1-20(2)16-8-6-15(7-9-16)19-18(22)14-10-12-4-3-5-13(11-14)17(12)21/h6-9,12-14H,3-5,10-11H2,1-2H3,(H,19,22)/t12-,13-/m1/s1. The molecule has 2 aliphatic carbocycles. The number of carbonyl (C=O) groups is 2. The molecule has 0 unspecified atom stereocenters. The summed E-state index contributed by atoms with van der Waals surface area (Å²) in [7, 11) is 3.98. The minimum atomic E-state index is -0.0125. The van der Waals surface area contributed by atoms with Crippen LogP contribution in [0.15, 0.2) is 24.3 Å². The van der Waals surface area contributed by atoms with Crippen molar-refractivity contribution in [2.75, 3.05) is 24.3 Å². The highest BCUT2D eigenvalue weighted by Gasteiger charge is 2.41. The highest BCUT2D eigenvalue weighted by Crippen LogP contribution is 2.40. The molecule has 0 saturated heterocycles. The number of nitrogens with one attached hydrogen (secondary N) is 1. The summed E-state index contributed by atoms with van der Waals surface area (Å²) < 4.78 is 0. The molecule has 0 aliphatic heterocycles. The Hall–Kier alpha value is -1.84. The number of hydrogen-bond acceptors (Lipinski definition) is 3. The van der Waals surface area contributed by atoms with Gasteiger partial charge in [0.1, 0.15) is 5.78 Å². The first-order valence-corrected chi connectivity index (χ1v) is 8.16. The third-order valence-corrected chi connectivity index (χ3v) is 5.07. The number of benzene rings is 1. The second-order valence-corrected chi connectivity index (χ2v) is 6.83. The zero-order chi connectivity index (χ0) is 15.7. The molecule has 0 aromatic heterocycles. The summed E-state index contributed by atoms with van der Waals surface area (Å²) in [5.41, 5.74) is 1.94. The van der Waals surface area contributed by atoms with E-state index in [0.29, 0.717) is 5.78 Å². The van der Waals surface area contributed by atoms with E-state index in [1.807, 2.05) is 43.3 Å². The van der Waals surface area contributed by atoms with Gasteiger partial charge < -0.3 is 10.2 Å². The highest BCUT2D eigenvalue weighted by atomic mass is 16.2. The third-order valence-electron chi connectivity index (χ3n) is 5.07. The summed E-state index contributed by atoms with van der Waals surface area (Å²) in [6, 6.07) is 7.85. The normalized spacial score (nSPS) is 27.4. The van der Waals surface area contributed by atoms with Crippen LogP contribution in [0.2, 0.25) is 0 Å². The summed E-state index contributed by atoms with van der Waals surface area (Å²) in [6.07, 6.45) is 4.54. The minimum Gasteiger partial charge on any atom is -0.378 e. The van der Waals surface area contributed by atoms with Gasteiger partial charge in [-0.05, 0) is 49.9 Å². The van der Waals surface area contributed by atoms with Crippen molar-refractivity contribution < 1.29 is 9.59 Å². The van der Waals surface area contributed by atoms with Crippen LogP contribution in [-0.4, -0.2) is 25.8 Å². The van der Waals surface area contributed by atoms with Gasteiger partial charge in [0.25, 0.3) is 0 Å². The van der Waals surface area contributed by atoms with Crippen LogP contribution < -0.4 is 10.2 Å². The van der Waals surface area contributed by atoms with E-state index in [2.05, 4.69) is 5.32 Å². The van der Waals surface area contributed by atoms with Crippen molar-refractivity contribution in [3.8, 4) is 0 Å². The van der Waals surface area contributed by atoms with Crippen molar-refractivity contribution in [2.45, 2.75) is 32.1 Å². The molecule has 2 saturated carbocycles. The fourth-order valence-corrected chi connectivity index (χ4v) is 3.78. The van der Waals surface area contributed by atoms with E-state index in [-0.39, 0.29) is 23.7 Å². The van der Waals surface area contributed by atoms with Crippen molar-refractivity contribution in [1.29, 1.82) is 0 Å². The molecule has 0 spiro atoms. The van der Waals surface area contributed by atoms with Gasteiger partial charge in [-0.2, -0.15) is 0 Å². The molecule has 2 atom stereocenters. The molecular weight excluding hydrogens is 276 g/mol. The number of carbonyl (C=O) groups excluding carboxylic acids is 2. The van der Waals surface area contributed by atoms with Crippen molar-refractivity contribution in [3.63, 3.8) is 0 Å². The molecule has 2 bridgehead atoms. The number of fused-ring (bicyclic) bond motifs is 2. The van der Waals surface area contributed by atoms with Crippen LogP contribution in [0.25, 0.3) is 0 Å². The van der Waals surface area contributed by atoms with Crippen LogP contribution in [0.1, 0.15) is 32.1 Å². The number of hydrogen-bond donors (Lipinski definition) is 1. The molecule has 22 heavy (non-hydrogen) atoms. The lowest BCUT2D eigenvalue weighted by Crippen LogP contribution is -2.40. The molecule has 0 heterocycles. The van der Waals surface area contributed by atoms with E-state index < -0.39 is 0 Å². The zero-order valence-corrected chi connectivity index (χ0v) is 13.3. The molecule has 4 heteroatoms. The largest absolute Gasteiger partial charge is 0.378 e. The van der Waals surface area contributed by atoms with Crippen molar-refractivity contribution in [2.24, 2.45) is 17.8 Å². The Morgan fingerprint density at radius 3 is 2.23 bits per heavy atom. The molecule has 1 amide bonds. The zero-order valence-electron chi connectivity index (χ0n) is 13.3. The Kier molecular flexibility index (Phi) is 4.19. The lowest BCUT2D eigenvalue weighted by molar-refractivity contribution is -0.136. The van der Waals surface area contributed by atoms with E-state index >= 15 is 0 Å². The predicted molar refractivity (Wildman–Crippen MR) is 88.0 cm³/mol. The first kappa shape index (κ1) is 15.1. The van der Waals surface area contributed by atoms with Gasteiger partial charge in [-0.15, -0.1) is 0 Å². The summed E-state index contributed by atoms with van der Waals surface area (Å²) in [4.78, 5) is 26.6. The van der Waals surface area contributed by atoms with Crippen LogP contribution in [0.3, 0.4) is 0 Å². The molecule has 4 nitrogen and oxygen atoms in total. The second kappa shape index (κ2) is 6.11. The van der Waals surface area contributed by atoms with Crippen LogP contribution in [0.4, 0.5) is 11.4 Å². The Morgan fingerprint density at radius 1 is 1.09 bits per heavy atom. The van der Waals surface area contributed by atoms with Crippen molar-refractivity contribution in [3.05, 3.63) is 24.3 Å². The monoisotopic (exact) mass is 300 g/mol. The van der Waals surface area contributed by atoms with Gasteiger partial charge >= 0.3 is 0 Å². The topological polar surface area (TPSA) is 49.4 Å². The molecule has 118 valence electrons. The Balaban J connectivity index is 1.63. The Bertz CT molecular complexity index is 549. The number of nitrogens with zero attached hydrogens (tertiary/aromatic N) is 1. The fraction of sp³-hybridized carbons (Fsp3) is 0.556. The number of rotatable bonds is 3. The summed E-state index contributed by atoms with van der Waals surface area (Å²) in [6.45, 7) is 0. The maximum Gasteiger partial charge on any atom is 0.227 e. The van der Waals surface area contributed by atoms with Gasteiger partial charge in [0.2, 0.25) is 5.91 Å². The summed E-state index contributed by atoms with van der Waals surface area (Å²) >= 11 is 0. The van der Waals surface area contributed by atoms with E-state index in [0.717, 1.165) is 43.5 Å². The fourth-order valence-electron chi connectivity index (χ4n) is 3.78. The third kappa shape index (κ3) is 3.01. The molecule has 1 aromatic rings. The van der Waals surface area contributed by atoms with Crippen molar-refractivity contribution >= 4 is 23.1 Å². The molecular formula is C18H24N2O2. The average molecular weight is 300 g/mol. The van der Waals surface area contributed by atoms with E-state index in [1.54, 1.807) is 0 Å². The first-order chi connectivity index (χ1) is 10.5. The summed E-state index contributed by atoms with van der Waals surface area (Å²) in [5, 5.41) is 3.01. The SMILES string of the molecule is CN(C)c1ccc(NC(=O)C2C[C@H]3CCC[C@H](C2)C3=O)cc1. The number of amides is 1. The molecule has 3 rings (SSSR count). The lowest BCUT2D eigenvalue weighted by Gasteiger charge is -2.36. The van der Waals surface area contributed by atoms with Crippen molar-refractivity contribution in [1.82, 2.24) is 0 Å². The molecule has 0 radical (unpaired) electrons. The van der Waals surface area contributed by atoms with Crippen LogP contribution in [-0.2, 0) is 9.59 Å².